The zero-order chi connectivity index (χ0) is 26.6. The van der Waals surface area contributed by atoms with E-state index < -0.39 is 17.6 Å². The van der Waals surface area contributed by atoms with Crippen LogP contribution in [0.15, 0.2) is 54.7 Å². The number of anilines is 2. The van der Waals surface area contributed by atoms with Gasteiger partial charge in [0.25, 0.3) is 0 Å². The van der Waals surface area contributed by atoms with Gasteiger partial charge in [0.15, 0.2) is 0 Å². The van der Waals surface area contributed by atoms with Crippen molar-refractivity contribution >= 4 is 17.2 Å². The van der Waals surface area contributed by atoms with E-state index in [9.17, 15) is 17.6 Å². The summed E-state index contributed by atoms with van der Waals surface area (Å²) >= 11 is 0. The molecular formula is C28H31F4N5. The minimum atomic E-state index is -4.65. The monoisotopic (exact) mass is 513 g/mol. The van der Waals surface area contributed by atoms with Crippen LogP contribution in [0.4, 0.5) is 29.2 Å². The molecule has 2 aromatic carbocycles. The maximum absolute atomic E-state index is 13.8. The van der Waals surface area contributed by atoms with Crippen LogP contribution in [-0.2, 0) is 12.7 Å². The lowest BCUT2D eigenvalue weighted by molar-refractivity contribution is -0.137. The SMILES string of the molecule is CC/C=C(/c1ccc(CN2CCN(C)CC2)cc1)c1cnc(Nc2cc(F)cc(C(F)(F)F)c2)nc1C. The maximum Gasteiger partial charge on any atom is 0.416 e. The summed E-state index contributed by atoms with van der Waals surface area (Å²) < 4.78 is 52.9. The number of hydrogen-bond acceptors (Lipinski definition) is 5. The van der Waals surface area contributed by atoms with E-state index in [0.29, 0.717) is 11.8 Å². The van der Waals surface area contributed by atoms with Crippen LogP contribution in [0.25, 0.3) is 5.57 Å². The molecule has 196 valence electrons. The summed E-state index contributed by atoms with van der Waals surface area (Å²) in [6.07, 6.45) is -0.0922. The summed E-state index contributed by atoms with van der Waals surface area (Å²) in [5.41, 5.74) is 3.62. The number of likely N-dealkylation sites (N-methyl/N-ethyl adjacent to an activating group) is 1. The average Bonchev–Trinajstić information content (AvgIpc) is 2.84. The summed E-state index contributed by atoms with van der Waals surface area (Å²) in [6, 6.07) is 10.8. The topological polar surface area (TPSA) is 44.3 Å². The Bertz CT molecular complexity index is 1250. The minimum absolute atomic E-state index is 0.0697. The van der Waals surface area contributed by atoms with Crippen LogP contribution in [-0.4, -0.2) is 53.0 Å². The van der Waals surface area contributed by atoms with Gasteiger partial charge in [-0.1, -0.05) is 37.3 Å². The van der Waals surface area contributed by atoms with Gasteiger partial charge < -0.3 is 10.2 Å². The fourth-order valence-corrected chi connectivity index (χ4v) is 4.39. The Morgan fingerprint density at radius 1 is 1.05 bits per heavy atom. The molecule has 4 rings (SSSR count). The summed E-state index contributed by atoms with van der Waals surface area (Å²) in [4.78, 5) is 13.5. The standard InChI is InChI=1S/C28H31F4N5/c1-4-5-25(21-8-6-20(7-9-21)18-37-12-10-36(3)11-13-37)26-17-33-27(34-19(26)2)35-24-15-22(28(30,31)32)14-23(29)16-24/h5-9,14-17H,4,10-13,18H2,1-3H3,(H,33,34,35)/b25-5-. The molecule has 5 nitrogen and oxygen atoms in total. The van der Waals surface area contributed by atoms with E-state index >= 15 is 0 Å². The summed E-state index contributed by atoms with van der Waals surface area (Å²) in [5.74, 6) is -0.895. The van der Waals surface area contributed by atoms with Crippen LogP contribution < -0.4 is 5.32 Å². The molecule has 0 amide bonds. The molecule has 1 aromatic heterocycles. The van der Waals surface area contributed by atoms with Gasteiger partial charge in [0.1, 0.15) is 5.82 Å². The van der Waals surface area contributed by atoms with Crippen molar-refractivity contribution in [1.29, 1.82) is 0 Å². The number of allylic oxidation sites excluding steroid dienone is 1. The average molecular weight is 514 g/mol. The van der Waals surface area contributed by atoms with Crippen molar-refractivity contribution in [2.24, 2.45) is 0 Å². The van der Waals surface area contributed by atoms with Gasteiger partial charge in [-0.3, -0.25) is 4.90 Å². The minimum Gasteiger partial charge on any atom is -0.324 e. The van der Waals surface area contributed by atoms with Crippen molar-refractivity contribution in [1.82, 2.24) is 19.8 Å². The predicted molar refractivity (Wildman–Crippen MR) is 138 cm³/mol. The molecule has 3 aromatic rings. The van der Waals surface area contributed by atoms with Crippen molar-refractivity contribution in [2.75, 3.05) is 38.5 Å². The highest BCUT2D eigenvalue weighted by molar-refractivity contribution is 5.80. The number of benzene rings is 2. The molecule has 0 unspecified atom stereocenters. The summed E-state index contributed by atoms with van der Waals surface area (Å²) in [7, 11) is 2.15. The number of nitrogens with one attached hydrogen (secondary N) is 1. The van der Waals surface area contributed by atoms with Gasteiger partial charge in [0.05, 0.1) is 11.3 Å². The molecule has 37 heavy (non-hydrogen) atoms. The molecule has 9 heteroatoms. The number of rotatable bonds is 7. The van der Waals surface area contributed by atoms with Gasteiger partial charge >= 0.3 is 6.18 Å². The van der Waals surface area contributed by atoms with Gasteiger partial charge in [0, 0.05) is 50.2 Å². The van der Waals surface area contributed by atoms with E-state index in [4.69, 9.17) is 0 Å². The lowest BCUT2D eigenvalue weighted by Crippen LogP contribution is -2.43. The molecule has 0 aliphatic carbocycles. The number of piperazine rings is 1. The molecule has 1 aliphatic heterocycles. The molecule has 0 radical (unpaired) electrons. The molecule has 0 atom stereocenters. The molecule has 1 aliphatic rings. The third-order valence-electron chi connectivity index (χ3n) is 6.43. The Labute approximate surface area is 214 Å². The highest BCUT2D eigenvalue weighted by Crippen LogP contribution is 2.32. The van der Waals surface area contributed by atoms with Crippen LogP contribution >= 0.6 is 0 Å². The number of nitrogens with zero attached hydrogens (tertiary/aromatic N) is 4. The predicted octanol–water partition coefficient (Wildman–Crippen LogP) is 6.28. The van der Waals surface area contributed by atoms with Crippen LogP contribution in [0.1, 0.15) is 41.3 Å². The van der Waals surface area contributed by atoms with E-state index in [1.54, 1.807) is 6.20 Å². The lowest BCUT2D eigenvalue weighted by Gasteiger charge is -2.32. The van der Waals surface area contributed by atoms with Crippen LogP contribution in [0.3, 0.4) is 0 Å². The van der Waals surface area contributed by atoms with Crippen LogP contribution in [0.5, 0.6) is 0 Å². The highest BCUT2D eigenvalue weighted by Gasteiger charge is 2.31. The molecule has 1 N–H and O–H groups in total. The number of aryl methyl sites for hydroxylation is 1. The zero-order valence-electron chi connectivity index (χ0n) is 21.2. The first-order valence-corrected chi connectivity index (χ1v) is 12.3. The zero-order valence-corrected chi connectivity index (χ0v) is 21.2. The first kappa shape index (κ1) is 26.8. The quantitative estimate of drug-likeness (QED) is 0.377. The molecule has 2 heterocycles. The molecule has 1 saturated heterocycles. The number of halogens is 4. The second-order valence-corrected chi connectivity index (χ2v) is 9.35. The van der Waals surface area contributed by atoms with Gasteiger partial charge in [-0.2, -0.15) is 13.2 Å². The molecule has 1 fully saturated rings. The molecular weight excluding hydrogens is 482 g/mol. The van der Waals surface area contributed by atoms with Crippen molar-refractivity contribution < 1.29 is 17.6 Å². The molecule has 0 saturated carbocycles. The van der Waals surface area contributed by atoms with E-state index in [1.807, 2.05) is 6.92 Å². The number of hydrogen-bond donors (Lipinski definition) is 1. The first-order valence-electron chi connectivity index (χ1n) is 12.3. The summed E-state index contributed by atoms with van der Waals surface area (Å²) in [5, 5.41) is 2.70. The van der Waals surface area contributed by atoms with Crippen molar-refractivity contribution in [3.63, 3.8) is 0 Å². The third-order valence-corrected chi connectivity index (χ3v) is 6.43. The van der Waals surface area contributed by atoms with E-state index in [2.05, 4.69) is 69.4 Å². The Morgan fingerprint density at radius 3 is 2.38 bits per heavy atom. The number of alkyl halides is 3. The van der Waals surface area contributed by atoms with E-state index in [-0.39, 0.29) is 11.6 Å². The Morgan fingerprint density at radius 2 is 1.76 bits per heavy atom. The van der Waals surface area contributed by atoms with Crippen LogP contribution in [0, 0.1) is 12.7 Å². The smallest absolute Gasteiger partial charge is 0.324 e. The lowest BCUT2D eigenvalue weighted by atomic mass is 9.96. The second kappa shape index (κ2) is 11.4. The van der Waals surface area contributed by atoms with Gasteiger partial charge in [-0.25, -0.2) is 14.4 Å². The Kier molecular flexibility index (Phi) is 8.24. The van der Waals surface area contributed by atoms with Crippen molar-refractivity contribution in [3.05, 3.63) is 88.5 Å². The highest BCUT2D eigenvalue weighted by atomic mass is 19.4. The van der Waals surface area contributed by atoms with Crippen molar-refractivity contribution in [2.45, 2.75) is 33.0 Å². The number of aromatic nitrogens is 2. The van der Waals surface area contributed by atoms with Gasteiger partial charge in [-0.15, -0.1) is 0 Å². The van der Waals surface area contributed by atoms with Gasteiger partial charge in [0.2, 0.25) is 5.95 Å². The first-order chi connectivity index (χ1) is 17.6. The molecule has 0 bridgehead atoms. The third kappa shape index (κ3) is 6.93. The van der Waals surface area contributed by atoms with E-state index in [0.717, 1.165) is 68.0 Å². The normalized spacial score (nSPS) is 15.7. The van der Waals surface area contributed by atoms with Crippen LogP contribution in [0.2, 0.25) is 0 Å². The largest absolute Gasteiger partial charge is 0.416 e. The van der Waals surface area contributed by atoms with E-state index in [1.165, 1.54) is 5.56 Å². The Hall–Kier alpha value is -3.30. The summed E-state index contributed by atoms with van der Waals surface area (Å²) in [6.45, 7) is 9.06. The maximum atomic E-state index is 13.8. The molecule has 0 spiro atoms. The van der Waals surface area contributed by atoms with Crippen molar-refractivity contribution in [3.8, 4) is 0 Å². The van der Waals surface area contributed by atoms with Gasteiger partial charge in [-0.05, 0) is 55.3 Å². The Balaban J connectivity index is 1.52. The fourth-order valence-electron chi connectivity index (χ4n) is 4.39. The second-order valence-electron chi connectivity index (χ2n) is 9.35. The fraction of sp³-hybridized carbons (Fsp3) is 0.357.